The second kappa shape index (κ2) is 6.20. The van der Waals surface area contributed by atoms with Gasteiger partial charge in [0, 0.05) is 0 Å². The van der Waals surface area contributed by atoms with Crippen LogP contribution in [0.3, 0.4) is 0 Å². The van der Waals surface area contributed by atoms with Gasteiger partial charge in [0.15, 0.2) is 0 Å². The molecule has 3 rings (SSSR count). The summed E-state index contributed by atoms with van der Waals surface area (Å²) in [6.07, 6.45) is 2.39. The van der Waals surface area contributed by atoms with Crippen molar-refractivity contribution in [1.82, 2.24) is 9.80 Å². The lowest BCUT2D eigenvalue weighted by Crippen LogP contribution is -2.66. The van der Waals surface area contributed by atoms with Crippen molar-refractivity contribution in [1.29, 1.82) is 0 Å². The number of hydrogen-bond donors (Lipinski definition) is 0. The summed E-state index contributed by atoms with van der Waals surface area (Å²) < 4.78 is 10.3. The van der Waals surface area contributed by atoms with Crippen molar-refractivity contribution < 1.29 is 23.9 Å². The van der Waals surface area contributed by atoms with Gasteiger partial charge in [-0.2, -0.15) is 0 Å². The number of carbonyl (C=O) groups excluding carboxylic acids is 3. The molecule has 4 amide bonds. The number of nitrogens with zero attached hydrogens (tertiary/aromatic N) is 2. The largest absolute Gasteiger partial charge is 0.371 e. The molecule has 3 fully saturated rings. The molecular formula is C16H24N2O5. The molecule has 2 unspecified atom stereocenters. The Morgan fingerprint density at radius 3 is 1.83 bits per heavy atom. The number of barbiturate groups is 1. The molecule has 23 heavy (non-hydrogen) atoms. The molecule has 0 aromatic rings. The minimum atomic E-state index is -1.12. The normalized spacial score (nSPS) is 33.4. The number of urea groups is 1. The summed E-state index contributed by atoms with van der Waals surface area (Å²) in [5.74, 6) is -0.709. The lowest BCUT2D eigenvalue weighted by molar-refractivity contribution is -0.160. The SMILES string of the molecule is CCCCC1(CC)C(=O)N(CC2CO2)C(=O)N(CC2CO2)C1=O. The van der Waals surface area contributed by atoms with Gasteiger partial charge in [0.05, 0.1) is 38.5 Å². The summed E-state index contributed by atoms with van der Waals surface area (Å²) in [4.78, 5) is 41.1. The molecule has 128 valence electrons. The standard InChI is InChI=1S/C16H24N2O5/c1-3-5-6-16(4-2)13(19)17(7-11-9-22-11)15(21)18(14(16)20)8-12-10-23-12/h11-12H,3-10H2,1-2H3. The highest BCUT2D eigenvalue weighted by Crippen LogP contribution is 2.38. The van der Waals surface area contributed by atoms with Gasteiger partial charge in [0.1, 0.15) is 5.41 Å². The first-order valence-electron chi connectivity index (χ1n) is 8.44. The first-order chi connectivity index (χ1) is 11.0. The topological polar surface area (TPSA) is 82.8 Å². The summed E-state index contributed by atoms with van der Waals surface area (Å²) in [5.41, 5.74) is -1.12. The number of unbranched alkanes of at least 4 members (excludes halogenated alkanes) is 1. The molecule has 7 nitrogen and oxygen atoms in total. The highest BCUT2D eigenvalue weighted by Gasteiger charge is 2.57. The van der Waals surface area contributed by atoms with E-state index >= 15 is 0 Å². The van der Waals surface area contributed by atoms with Crippen molar-refractivity contribution in [2.75, 3.05) is 26.3 Å². The van der Waals surface area contributed by atoms with Gasteiger partial charge < -0.3 is 9.47 Å². The number of amides is 4. The maximum atomic E-state index is 13.0. The van der Waals surface area contributed by atoms with Crippen molar-refractivity contribution in [2.24, 2.45) is 5.41 Å². The fourth-order valence-electron chi connectivity index (χ4n) is 3.18. The summed E-state index contributed by atoms with van der Waals surface area (Å²) in [7, 11) is 0. The zero-order valence-corrected chi connectivity index (χ0v) is 13.7. The van der Waals surface area contributed by atoms with Crippen LogP contribution in [0.25, 0.3) is 0 Å². The Bertz CT molecular complexity index is 477. The van der Waals surface area contributed by atoms with Crippen LogP contribution >= 0.6 is 0 Å². The van der Waals surface area contributed by atoms with Crippen LogP contribution in [0, 0.1) is 5.41 Å². The molecule has 0 radical (unpaired) electrons. The minimum Gasteiger partial charge on any atom is -0.371 e. The molecule has 3 aliphatic rings. The molecule has 0 bridgehead atoms. The third-order valence-corrected chi connectivity index (χ3v) is 4.91. The average molecular weight is 324 g/mol. The summed E-state index contributed by atoms with van der Waals surface area (Å²) >= 11 is 0. The first kappa shape index (κ1) is 16.4. The quantitative estimate of drug-likeness (QED) is 0.494. The number of hydrogen-bond acceptors (Lipinski definition) is 5. The Balaban J connectivity index is 1.89. The van der Waals surface area contributed by atoms with Crippen LogP contribution in [0.4, 0.5) is 4.79 Å². The Labute approximate surface area is 135 Å². The number of carbonyl (C=O) groups is 3. The Morgan fingerprint density at radius 1 is 1.00 bits per heavy atom. The second-order valence-electron chi connectivity index (χ2n) is 6.56. The Kier molecular flexibility index (Phi) is 4.42. The third kappa shape index (κ3) is 2.99. The van der Waals surface area contributed by atoms with Gasteiger partial charge in [0.25, 0.3) is 0 Å². The molecule has 0 N–H and O–H groups in total. The van der Waals surface area contributed by atoms with E-state index in [1.54, 1.807) is 0 Å². The maximum Gasteiger partial charge on any atom is 0.333 e. The van der Waals surface area contributed by atoms with Crippen molar-refractivity contribution in [3.63, 3.8) is 0 Å². The highest BCUT2D eigenvalue weighted by atomic mass is 16.6. The van der Waals surface area contributed by atoms with Crippen LogP contribution in [0.5, 0.6) is 0 Å². The van der Waals surface area contributed by atoms with Gasteiger partial charge in [-0.15, -0.1) is 0 Å². The van der Waals surface area contributed by atoms with E-state index in [0.29, 0.717) is 26.1 Å². The van der Waals surface area contributed by atoms with Crippen LogP contribution in [-0.4, -0.2) is 66.2 Å². The smallest absolute Gasteiger partial charge is 0.333 e. The molecule has 0 aromatic heterocycles. The van der Waals surface area contributed by atoms with Crippen LogP contribution in [0.2, 0.25) is 0 Å². The van der Waals surface area contributed by atoms with E-state index in [0.717, 1.165) is 12.8 Å². The lowest BCUT2D eigenvalue weighted by atomic mass is 9.76. The molecule has 7 heteroatoms. The Morgan fingerprint density at radius 2 is 1.48 bits per heavy atom. The predicted octanol–water partition coefficient (Wildman–Crippen LogP) is 1.16. The number of epoxide rings is 2. The van der Waals surface area contributed by atoms with Crippen molar-refractivity contribution in [3.05, 3.63) is 0 Å². The molecule has 3 saturated heterocycles. The van der Waals surface area contributed by atoms with Gasteiger partial charge >= 0.3 is 6.03 Å². The maximum absolute atomic E-state index is 13.0. The highest BCUT2D eigenvalue weighted by molar-refractivity contribution is 6.19. The average Bonchev–Trinajstić information content (AvgIpc) is 3.44. The van der Waals surface area contributed by atoms with Gasteiger partial charge in [-0.3, -0.25) is 19.4 Å². The van der Waals surface area contributed by atoms with E-state index in [1.165, 1.54) is 9.80 Å². The molecule has 3 aliphatic heterocycles. The molecule has 0 aromatic carbocycles. The third-order valence-electron chi connectivity index (χ3n) is 4.91. The van der Waals surface area contributed by atoms with Gasteiger partial charge in [-0.25, -0.2) is 4.79 Å². The zero-order chi connectivity index (χ0) is 16.6. The van der Waals surface area contributed by atoms with Crippen LogP contribution < -0.4 is 0 Å². The van der Waals surface area contributed by atoms with Gasteiger partial charge in [-0.1, -0.05) is 26.7 Å². The monoisotopic (exact) mass is 324 g/mol. The summed E-state index contributed by atoms with van der Waals surface area (Å²) in [5, 5.41) is 0. The van der Waals surface area contributed by atoms with Gasteiger partial charge in [-0.05, 0) is 12.8 Å². The van der Waals surface area contributed by atoms with E-state index in [2.05, 4.69) is 0 Å². The van der Waals surface area contributed by atoms with E-state index in [4.69, 9.17) is 9.47 Å². The van der Waals surface area contributed by atoms with E-state index in [-0.39, 0.29) is 37.1 Å². The molecule has 2 atom stereocenters. The lowest BCUT2D eigenvalue weighted by Gasteiger charge is -2.43. The van der Waals surface area contributed by atoms with Crippen LogP contribution in [0.15, 0.2) is 0 Å². The Hall–Kier alpha value is -1.47. The number of imide groups is 2. The van der Waals surface area contributed by atoms with Crippen molar-refractivity contribution >= 4 is 17.8 Å². The van der Waals surface area contributed by atoms with Crippen molar-refractivity contribution in [3.8, 4) is 0 Å². The van der Waals surface area contributed by atoms with Crippen LogP contribution in [-0.2, 0) is 19.1 Å². The van der Waals surface area contributed by atoms with E-state index in [1.807, 2.05) is 13.8 Å². The second-order valence-corrected chi connectivity index (χ2v) is 6.56. The molecule has 0 spiro atoms. The van der Waals surface area contributed by atoms with E-state index in [9.17, 15) is 14.4 Å². The molecular weight excluding hydrogens is 300 g/mol. The molecule has 0 aliphatic carbocycles. The zero-order valence-electron chi connectivity index (χ0n) is 13.7. The fourth-order valence-corrected chi connectivity index (χ4v) is 3.18. The van der Waals surface area contributed by atoms with Gasteiger partial charge in [0.2, 0.25) is 11.8 Å². The fraction of sp³-hybridized carbons (Fsp3) is 0.812. The van der Waals surface area contributed by atoms with Crippen molar-refractivity contribution in [2.45, 2.75) is 51.7 Å². The first-order valence-corrected chi connectivity index (χ1v) is 8.44. The summed E-state index contributed by atoms with van der Waals surface area (Å²) in [6, 6.07) is -0.522. The van der Waals surface area contributed by atoms with Crippen LogP contribution in [0.1, 0.15) is 39.5 Å². The minimum absolute atomic E-state index is 0.0872. The predicted molar refractivity (Wildman–Crippen MR) is 80.6 cm³/mol. The summed E-state index contributed by atoms with van der Waals surface area (Å²) in [6.45, 7) is 5.47. The molecule has 0 saturated carbocycles. The molecule has 3 heterocycles. The number of ether oxygens (including phenoxy) is 2. The van der Waals surface area contributed by atoms with E-state index < -0.39 is 11.4 Å². The number of rotatable bonds is 8.